The van der Waals surface area contributed by atoms with E-state index in [0.717, 1.165) is 5.56 Å². The average Bonchev–Trinajstić information content (AvgIpc) is 2.05. The van der Waals surface area contributed by atoms with Crippen molar-refractivity contribution in [1.82, 2.24) is 0 Å². The molecular weight excluding hydrogens is 156 g/mol. The van der Waals surface area contributed by atoms with E-state index in [1.54, 1.807) is 18.7 Å². The lowest BCUT2D eigenvalue weighted by molar-refractivity contribution is 0.199. The Morgan fingerprint density at radius 1 is 1.45 bits per heavy atom. The van der Waals surface area contributed by atoms with Gasteiger partial charge in [-0.25, -0.2) is 0 Å². The van der Waals surface area contributed by atoms with Gasteiger partial charge < -0.3 is 5.11 Å². The molecule has 1 nitrogen and oxygen atoms in total. The van der Waals surface area contributed by atoms with Gasteiger partial charge in [-0.15, -0.1) is 11.8 Å². The Morgan fingerprint density at radius 2 is 2.18 bits per heavy atom. The van der Waals surface area contributed by atoms with E-state index in [9.17, 15) is 5.11 Å². The quantitative estimate of drug-likeness (QED) is 0.684. The molecule has 0 bridgehead atoms. The molecule has 0 aliphatic rings. The Morgan fingerprint density at radius 3 is 2.73 bits per heavy atom. The van der Waals surface area contributed by atoms with Crippen LogP contribution in [0.2, 0.25) is 0 Å². The van der Waals surface area contributed by atoms with Crippen LogP contribution in [0.15, 0.2) is 29.2 Å². The van der Waals surface area contributed by atoms with Crippen molar-refractivity contribution in [2.75, 3.05) is 6.26 Å². The van der Waals surface area contributed by atoms with Crippen LogP contribution >= 0.6 is 11.8 Å². The molecule has 0 saturated carbocycles. The molecule has 2 heteroatoms. The predicted molar refractivity (Wildman–Crippen MR) is 48.9 cm³/mol. The third-order valence-corrected chi connectivity index (χ3v) is 2.30. The highest BCUT2D eigenvalue weighted by Crippen LogP contribution is 2.19. The van der Waals surface area contributed by atoms with Crippen molar-refractivity contribution in [2.24, 2.45) is 0 Å². The summed E-state index contributed by atoms with van der Waals surface area (Å²) in [6.45, 7) is 1.78. The first-order chi connectivity index (χ1) is 5.24. The second-order valence-corrected chi connectivity index (χ2v) is 3.33. The Kier molecular flexibility index (Phi) is 2.97. The number of hydrogen-bond acceptors (Lipinski definition) is 2. The van der Waals surface area contributed by atoms with Crippen LogP contribution in [0, 0.1) is 0 Å². The Labute approximate surface area is 71.4 Å². The molecule has 0 fully saturated rings. The second kappa shape index (κ2) is 3.79. The minimum atomic E-state index is -0.359. The van der Waals surface area contributed by atoms with Gasteiger partial charge in [0, 0.05) is 4.90 Å². The maximum Gasteiger partial charge on any atom is 0.0762 e. The fraction of sp³-hybridized carbons (Fsp3) is 0.333. The first-order valence-electron chi connectivity index (χ1n) is 3.56. The summed E-state index contributed by atoms with van der Waals surface area (Å²) in [5.74, 6) is 0. The zero-order valence-electron chi connectivity index (χ0n) is 6.74. The van der Waals surface area contributed by atoms with Crippen molar-refractivity contribution in [2.45, 2.75) is 17.9 Å². The highest BCUT2D eigenvalue weighted by atomic mass is 32.2. The SMILES string of the molecule is CSc1cccc(C(C)O)c1. The number of benzene rings is 1. The molecule has 1 rings (SSSR count). The lowest BCUT2D eigenvalue weighted by atomic mass is 10.1. The Bertz CT molecular complexity index is 233. The first kappa shape index (κ1) is 8.62. The van der Waals surface area contributed by atoms with E-state index in [0.29, 0.717) is 0 Å². The third kappa shape index (κ3) is 2.24. The summed E-state index contributed by atoms with van der Waals surface area (Å²) >= 11 is 1.69. The van der Waals surface area contributed by atoms with Gasteiger partial charge in [-0.3, -0.25) is 0 Å². The van der Waals surface area contributed by atoms with Crippen molar-refractivity contribution in [3.63, 3.8) is 0 Å². The fourth-order valence-corrected chi connectivity index (χ4v) is 1.37. The van der Waals surface area contributed by atoms with Crippen LogP contribution in [-0.2, 0) is 0 Å². The third-order valence-electron chi connectivity index (χ3n) is 1.58. The van der Waals surface area contributed by atoms with Gasteiger partial charge in [0.05, 0.1) is 6.10 Å². The van der Waals surface area contributed by atoms with Crippen LogP contribution in [0.3, 0.4) is 0 Å². The summed E-state index contributed by atoms with van der Waals surface area (Å²) in [6, 6.07) is 7.95. The van der Waals surface area contributed by atoms with Crippen molar-refractivity contribution >= 4 is 11.8 Å². The normalized spacial score (nSPS) is 13.0. The fourth-order valence-electron chi connectivity index (χ4n) is 0.901. The summed E-state index contributed by atoms with van der Waals surface area (Å²) in [4.78, 5) is 1.20. The van der Waals surface area contributed by atoms with Crippen LogP contribution < -0.4 is 0 Å². The van der Waals surface area contributed by atoms with Crippen LogP contribution in [0.1, 0.15) is 18.6 Å². The molecule has 0 aliphatic heterocycles. The van der Waals surface area contributed by atoms with E-state index in [4.69, 9.17) is 0 Å². The predicted octanol–water partition coefficient (Wildman–Crippen LogP) is 2.46. The Hall–Kier alpha value is -0.470. The van der Waals surface area contributed by atoms with E-state index >= 15 is 0 Å². The maximum atomic E-state index is 9.23. The summed E-state index contributed by atoms with van der Waals surface area (Å²) in [6.07, 6.45) is 1.67. The molecule has 0 saturated heterocycles. The van der Waals surface area contributed by atoms with Gasteiger partial charge in [0.1, 0.15) is 0 Å². The molecule has 1 aromatic rings. The zero-order valence-corrected chi connectivity index (χ0v) is 7.56. The van der Waals surface area contributed by atoms with Crippen molar-refractivity contribution in [3.05, 3.63) is 29.8 Å². The highest BCUT2D eigenvalue weighted by Gasteiger charge is 1.99. The molecule has 0 aliphatic carbocycles. The van der Waals surface area contributed by atoms with Crippen LogP contribution in [0.25, 0.3) is 0 Å². The Balaban J connectivity index is 2.91. The number of rotatable bonds is 2. The van der Waals surface area contributed by atoms with Crippen molar-refractivity contribution in [1.29, 1.82) is 0 Å². The molecule has 1 aromatic carbocycles. The van der Waals surface area contributed by atoms with Gasteiger partial charge in [0.25, 0.3) is 0 Å². The summed E-state index contributed by atoms with van der Waals surface area (Å²) < 4.78 is 0. The monoisotopic (exact) mass is 168 g/mol. The molecule has 0 heterocycles. The van der Waals surface area contributed by atoms with Crippen molar-refractivity contribution in [3.8, 4) is 0 Å². The second-order valence-electron chi connectivity index (χ2n) is 2.45. The number of hydrogen-bond donors (Lipinski definition) is 1. The molecule has 1 N–H and O–H groups in total. The average molecular weight is 168 g/mol. The van der Waals surface area contributed by atoms with Gasteiger partial charge in [-0.1, -0.05) is 12.1 Å². The number of aliphatic hydroxyl groups is 1. The molecule has 60 valence electrons. The molecule has 11 heavy (non-hydrogen) atoms. The largest absolute Gasteiger partial charge is 0.389 e. The number of thioether (sulfide) groups is 1. The lowest BCUT2D eigenvalue weighted by Crippen LogP contribution is -1.89. The zero-order chi connectivity index (χ0) is 8.27. The summed E-state index contributed by atoms with van der Waals surface area (Å²) in [5, 5.41) is 9.23. The molecular formula is C9H12OS. The van der Waals surface area contributed by atoms with Gasteiger partial charge in [-0.2, -0.15) is 0 Å². The van der Waals surface area contributed by atoms with Crippen LogP contribution in [0.4, 0.5) is 0 Å². The van der Waals surface area contributed by atoms with E-state index < -0.39 is 0 Å². The standard InChI is InChI=1S/C9H12OS/c1-7(10)8-4-3-5-9(6-8)11-2/h3-7,10H,1-2H3. The van der Waals surface area contributed by atoms with Crippen LogP contribution in [-0.4, -0.2) is 11.4 Å². The van der Waals surface area contributed by atoms with Gasteiger partial charge >= 0.3 is 0 Å². The summed E-state index contributed by atoms with van der Waals surface area (Å²) in [7, 11) is 0. The molecule has 0 radical (unpaired) electrons. The van der Waals surface area contributed by atoms with Gasteiger partial charge in [-0.05, 0) is 30.9 Å². The summed E-state index contributed by atoms with van der Waals surface area (Å²) in [5.41, 5.74) is 0.983. The molecule has 1 atom stereocenters. The molecule has 0 amide bonds. The van der Waals surface area contributed by atoms with Crippen molar-refractivity contribution < 1.29 is 5.11 Å². The van der Waals surface area contributed by atoms with E-state index in [1.165, 1.54) is 4.90 Å². The molecule has 0 aromatic heterocycles. The van der Waals surface area contributed by atoms with Crippen LogP contribution in [0.5, 0.6) is 0 Å². The highest BCUT2D eigenvalue weighted by molar-refractivity contribution is 7.98. The van der Waals surface area contributed by atoms with E-state index in [1.807, 2.05) is 30.5 Å². The lowest BCUT2D eigenvalue weighted by Gasteiger charge is -2.04. The van der Waals surface area contributed by atoms with Gasteiger partial charge in [0.15, 0.2) is 0 Å². The smallest absolute Gasteiger partial charge is 0.0762 e. The first-order valence-corrected chi connectivity index (χ1v) is 4.78. The molecule has 0 spiro atoms. The van der Waals surface area contributed by atoms with E-state index in [-0.39, 0.29) is 6.10 Å². The minimum Gasteiger partial charge on any atom is -0.389 e. The minimum absolute atomic E-state index is 0.359. The maximum absolute atomic E-state index is 9.23. The molecule has 1 unspecified atom stereocenters. The topological polar surface area (TPSA) is 20.2 Å². The van der Waals surface area contributed by atoms with E-state index in [2.05, 4.69) is 0 Å². The number of aliphatic hydroxyl groups excluding tert-OH is 1. The van der Waals surface area contributed by atoms with Gasteiger partial charge in [0.2, 0.25) is 0 Å².